The number of anilines is 1. The molecule has 0 aliphatic carbocycles. The van der Waals surface area contributed by atoms with E-state index in [4.69, 9.17) is 4.74 Å². The second-order valence-electron chi connectivity index (χ2n) is 7.19. The van der Waals surface area contributed by atoms with Crippen LogP contribution >= 0.6 is 0 Å². The maximum atomic E-state index is 12.9. The van der Waals surface area contributed by atoms with Gasteiger partial charge in [0.1, 0.15) is 11.4 Å². The molecule has 1 saturated heterocycles. The van der Waals surface area contributed by atoms with Gasteiger partial charge in [-0.3, -0.25) is 19.4 Å². The molecule has 1 aliphatic heterocycles. The zero-order valence-electron chi connectivity index (χ0n) is 15.0. The largest absolute Gasteiger partial charge is 0.459 e. The first-order valence-corrected chi connectivity index (χ1v) is 8.43. The summed E-state index contributed by atoms with van der Waals surface area (Å²) in [5, 5.41) is 2.75. The van der Waals surface area contributed by atoms with Crippen LogP contribution in [-0.4, -0.2) is 66.5 Å². The maximum Gasteiger partial charge on any atom is 0.320 e. The Kier molecular flexibility index (Phi) is 6.50. The molecule has 0 spiro atoms. The predicted molar refractivity (Wildman–Crippen MR) is 93.8 cm³/mol. The molecular weight excluding hydrogens is 325 g/mol. The van der Waals surface area contributed by atoms with Gasteiger partial charge in [0.2, 0.25) is 5.91 Å². The van der Waals surface area contributed by atoms with Crippen LogP contribution in [0.25, 0.3) is 0 Å². The molecule has 0 aromatic heterocycles. The molecule has 25 heavy (non-hydrogen) atoms. The van der Waals surface area contributed by atoms with Crippen LogP contribution in [0, 0.1) is 5.82 Å². The number of carbonyl (C=O) groups excluding carboxylic acids is 2. The number of nitrogens with zero attached hydrogens (tertiary/aromatic N) is 2. The van der Waals surface area contributed by atoms with Gasteiger partial charge in [0.15, 0.2) is 0 Å². The Labute approximate surface area is 147 Å². The number of rotatable bonds is 5. The van der Waals surface area contributed by atoms with E-state index in [0.29, 0.717) is 31.9 Å². The van der Waals surface area contributed by atoms with Crippen molar-refractivity contribution in [1.29, 1.82) is 0 Å². The molecule has 1 aromatic rings. The van der Waals surface area contributed by atoms with Crippen LogP contribution in [0.4, 0.5) is 10.1 Å². The molecule has 1 N–H and O–H groups in total. The minimum atomic E-state index is -0.475. The Hall–Kier alpha value is -1.99. The number of halogens is 1. The van der Waals surface area contributed by atoms with Crippen LogP contribution in [0.5, 0.6) is 0 Å². The molecule has 0 atom stereocenters. The number of amides is 1. The van der Waals surface area contributed by atoms with E-state index in [-0.39, 0.29) is 30.8 Å². The van der Waals surface area contributed by atoms with E-state index in [0.717, 1.165) is 0 Å². The van der Waals surface area contributed by atoms with Gasteiger partial charge in [0.25, 0.3) is 0 Å². The molecule has 0 bridgehead atoms. The Morgan fingerprint density at radius 1 is 1.04 bits per heavy atom. The fraction of sp³-hybridized carbons (Fsp3) is 0.556. The van der Waals surface area contributed by atoms with Gasteiger partial charge in [-0.1, -0.05) is 0 Å². The lowest BCUT2D eigenvalue weighted by Gasteiger charge is -2.34. The molecule has 1 aromatic carbocycles. The topological polar surface area (TPSA) is 61.9 Å². The van der Waals surface area contributed by atoms with Crippen molar-refractivity contribution in [2.24, 2.45) is 0 Å². The molecule has 7 heteroatoms. The third kappa shape index (κ3) is 7.19. The fourth-order valence-electron chi connectivity index (χ4n) is 2.60. The van der Waals surface area contributed by atoms with Crippen LogP contribution in [0.3, 0.4) is 0 Å². The van der Waals surface area contributed by atoms with Gasteiger partial charge in [-0.25, -0.2) is 4.39 Å². The number of hydrogen-bond acceptors (Lipinski definition) is 5. The zero-order valence-corrected chi connectivity index (χ0v) is 15.0. The monoisotopic (exact) mass is 351 g/mol. The Morgan fingerprint density at radius 3 is 2.08 bits per heavy atom. The summed E-state index contributed by atoms with van der Waals surface area (Å²) in [6.45, 7) is 8.93. The Morgan fingerprint density at radius 2 is 1.56 bits per heavy atom. The van der Waals surface area contributed by atoms with E-state index >= 15 is 0 Å². The van der Waals surface area contributed by atoms with E-state index in [2.05, 4.69) is 5.32 Å². The third-order valence-corrected chi connectivity index (χ3v) is 3.73. The van der Waals surface area contributed by atoms with Crippen LogP contribution < -0.4 is 5.32 Å². The van der Waals surface area contributed by atoms with Crippen molar-refractivity contribution in [3.05, 3.63) is 30.1 Å². The highest BCUT2D eigenvalue weighted by Gasteiger charge is 2.23. The van der Waals surface area contributed by atoms with E-state index in [1.165, 1.54) is 24.3 Å². The van der Waals surface area contributed by atoms with Gasteiger partial charge in [-0.05, 0) is 45.0 Å². The van der Waals surface area contributed by atoms with E-state index in [1.807, 2.05) is 30.6 Å². The first-order chi connectivity index (χ1) is 11.7. The summed E-state index contributed by atoms with van der Waals surface area (Å²) in [5.74, 6) is -0.693. The van der Waals surface area contributed by atoms with Crippen LogP contribution in [0.2, 0.25) is 0 Å². The third-order valence-electron chi connectivity index (χ3n) is 3.73. The summed E-state index contributed by atoms with van der Waals surface area (Å²) in [5.41, 5.74) is 0.104. The number of nitrogens with one attached hydrogen (secondary N) is 1. The Bertz CT molecular complexity index is 591. The normalized spacial score (nSPS) is 16.5. The summed E-state index contributed by atoms with van der Waals surface area (Å²) < 4.78 is 18.2. The number of esters is 1. The minimum Gasteiger partial charge on any atom is -0.459 e. The van der Waals surface area contributed by atoms with Gasteiger partial charge < -0.3 is 10.1 Å². The SMILES string of the molecule is CC(C)(C)OC(=O)CN1CCN(CC(=O)Nc2ccc(F)cc2)CC1. The summed E-state index contributed by atoms with van der Waals surface area (Å²) in [6, 6.07) is 5.69. The minimum absolute atomic E-state index is 0.132. The highest BCUT2D eigenvalue weighted by Crippen LogP contribution is 2.10. The van der Waals surface area contributed by atoms with Crippen LogP contribution in [0.1, 0.15) is 20.8 Å². The van der Waals surface area contributed by atoms with Crippen LogP contribution in [-0.2, 0) is 14.3 Å². The molecule has 138 valence electrons. The van der Waals surface area contributed by atoms with Crippen molar-refractivity contribution < 1.29 is 18.7 Å². The fourth-order valence-corrected chi connectivity index (χ4v) is 2.60. The predicted octanol–water partition coefficient (Wildman–Crippen LogP) is 1.72. The summed E-state index contributed by atoms with van der Waals surface area (Å²) in [6.07, 6.45) is 0. The van der Waals surface area contributed by atoms with Crippen molar-refractivity contribution in [2.45, 2.75) is 26.4 Å². The van der Waals surface area contributed by atoms with Crippen molar-refractivity contribution in [3.8, 4) is 0 Å². The number of carbonyl (C=O) groups is 2. The van der Waals surface area contributed by atoms with Gasteiger partial charge >= 0.3 is 5.97 Å². The van der Waals surface area contributed by atoms with Gasteiger partial charge in [0, 0.05) is 31.9 Å². The highest BCUT2D eigenvalue weighted by atomic mass is 19.1. The molecule has 0 radical (unpaired) electrons. The lowest BCUT2D eigenvalue weighted by atomic mass is 10.2. The molecule has 0 saturated carbocycles. The van der Waals surface area contributed by atoms with Crippen LogP contribution in [0.15, 0.2) is 24.3 Å². The van der Waals surface area contributed by atoms with Crippen molar-refractivity contribution in [2.75, 3.05) is 44.6 Å². The Balaban J connectivity index is 1.70. The number of hydrogen-bond donors (Lipinski definition) is 1. The summed E-state index contributed by atoms with van der Waals surface area (Å²) in [4.78, 5) is 28.0. The molecule has 1 heterocycles. The molecule has 6 nitrogen and oxygen atoms in total. The molecule has 2 rings (SSSR count). The molecule has 0 unspecified atom stereocenters. The maximum absolute atomic E-state index is 12.9. The zero-order chi connectivity index (χ0) is 18.4. The average Bonchev–Trinajstić information content (AvgIpc) is 2.49. The van der Waals surface area contributed by atoms with Crippen molar-refractivity contribution in [3.63, 3.8) is 0 Å². The second kappa shape index (κ2) is 8.40. The van der Waals surface area contributed by atoms with E-state index in [1.54, 1.807) is 0 Å². The second-order valence-corrected chi connectivity index (χ2v) is 7.19. The van der Waals surface area contributed by atoms with E-state index < -0.39 is 5.60 Å². The van der Waals surface area contributed by atoms with Crippen molar-refractivity contribution in [1.82, 2.24) is 9.80 Å². The molecule has 1 fully saturated rings. The summed E-state index contributed by atoms with van der Waals surface area (Å²) >= 11 is 0. The van der Waals surface area contributed by atoms with Gasteiger partial charge in [0.05, 0.1) is 13.1 Å². The first kappa shape index (κ1) is 19.3. The highest BCUT2D eigenvalue weighted by molar-refractivity contribution is 5.92. The first-order valence-electron chi connectivity index (χ1n) is 8.43. The molecule has 1 aliphatic rings. The van der Waals surface area contributed by atoms with E-state index in [9.17, 15) is 14.0 Å². The lowest BCUT2D eigenvalue weighted by Crippen LogP contribution is -2.50. The molecule has 1 amide bonds. The standard InChI is InChI=1S/C18H26FN3O3/c1-18(2,3)25-17(24)13-22-10-8-21(9-11-22)12-16(23)20-15-6-4-14(19)5-7-15/h4-7H,8-13H2,1-3H3,(H,20,23). The summed E-state index contributed by atoms with van der Waals surface area (Å²) in [7, 11) is 0. The average molecular weight is 351 g/mol. The smallest absolute Gasteiger partial charge is 0.320 e. The lowest BCUT2D eigenvalue weighted by molar-refractivity contribution is -0.156. The number of benzene rings is 1. The van der Waals surface area contributed by atoms with Gasteiger partial charge in [-0.2, -0.15) is 0 Å². The quantitative estimate of drug-likeness (QED) is 0.819. The molecular formula is C18H26FN3O3. The van der Waals surface area contributed by atoms with Crippen molar-refractivity contribution >= 4 is 17.6 Å². The van der Waals surface area contributed by atoms with Gasteiger partial charge in [-0.15, -0.1) is 0 Å². The number of ether oxygens (including phenoxy) is 1. The number of piperazine rings is 1.